The van der Waals surface area contributed by atoms with Crippen LogP contribution in [0, 0.1) is 0 Å². The minimum atomic E-state index is -4.29. The molecule has 0 radical (unpaired) electrons. The second kappa shape index (κ2) is 4.24. The Bertz CT molecular complexity index is 392. The van der Waals surface area contributed by atoms with Crippen LogP contribution in [-0.4, -0.2) is 5.54 Å². The molecule has 17 heavy (non-hydrogen) atoms. The van der Waals surface area contributed by atoms with Crippen molar-refractivity contribution >= 4 is 5.69 Å². The molecule has 4 heteroatoms. The second-order valence-electron chi connectivity index (χ2n) is 4.94. The van der Waals surface area contributed by atoms with Crippen molar-refractivity contribution < 1.29 is 13.2 Å². The minimum absolute atomic E-state index is 0.193. The smallest absolute Gasteiger partial charge is 0.379 e. The summed E-state index contributed by atoms with van der Waals surface area (Å²) in [6.07, 6.45) is -0.272. The molecule has 1 N–H and O–H groups in total. The fourth-order valence-electron chi connectivity index (χ4n) is 2.44. The van der Waals surface area contributed by atoms with Crippen molar-refractivity contribution in [2.24, 2.45) is 0 Å². The maximum Gasteiger partial charge on any atom is 0.418 e. The molecule has 0 atom stereocenters. The molecule has 0 amide bonds. The average molecular weight is 243 g/mol. The zero-order chi connectivity index (χ0) is 12.5. The first-order valence-electron chi connectivity index (χ1n) is 5.85. The van der Waals surface area contributed by atoms with Crippen LogP contribution in [0.2, 0.25) is 0 Å². The van der Waals surface area contributed by atoms with E-state index in [2.05, 4.69) is 5.32 Å². The molecule has 0 aliphatic heterocycles. The molecule has 0 spiro atoms. The lowest BCUT2D eigenvalue weighted by atomic mass is 9.99. The maximum absolute atomic E-state index is 12.8. The van der Waals surface area contributed by atoms with Gasteiger partial charge in [-0.15, -0.1) is 0 Å². The van der Waals surface area contributed by atoms with Gasteiger partial charge in [0.15, 0.2) is 0 Å². The molecule has 0 saturated heterocycles. The summed E-state index contributed by atoms with van der Waals surface area (Å²) in [5.74, 6) is 0. The van der Waals surface area contributed by atoms with Crippen LogP contribution in [0.3, 0.4) is 0 Å². The van der Waals surface area contributed by atoms with Crippen molar-refractivity contribution in [2.45, 2.75) is 44.3 Å². The highest BCUT2D eigenvalue weighted by Gasteiger charge is 2.36. The van der Waals surface area contributed by atoms with Crippen LogP contribution in [0.4, 0.5) is 18.9 Å². The second-order valence-corrected chi connectivity index (χ2v) is 4.94. The molecular weight excluding hydrogens is 227 g/mol. The molecule has 1 saturated carbocycles. The SMILES string of the molecule is CC1(Nc2ccccc2C(F)(F)F)CCCC1. The van der Waals surface area contributed by atoms with E-state index in [1.807, 2.05) is 6.92 Å². The van der Waals surface area contributed by atoms with Gasteiger partial charge in [0.25, 0.3) is 0 Å². The topological polar surface area (TPSA) is 12.0 Å². The number of rotatable bonds is 2. The number of para-hydroxylation sites is 1. The van der Waals surface area contributed by atoms with Crippen molar-refractivity contribution in [3.63, 3.8) is 0 Å². The van der Waals surface area contributed by atoms with Crippen molar-refractivity contribution in [1.82, 2.24) is 0 Å². The first-order valence-corrected chi connectivity index (χ1v) is 5.85. The zero-order valence-electron chi connectivity index (χ0n) is 9.77. The molecule has 1 fully saturated rings. The standard InChI is InChI=1S/C13H16F3N/c1-12(8-4-5-9-12)17-11-7-3-2-6-10(11)13(14,15)16/h2-3,6-7,17H,4-5,8-9H2,1H3. The van der Waals surface area contributed by atoms with Crippen LogP contribution in [-0.2, 0) is 6.18 Å². The van der Waals surface area contributed by atoms with Crippen LogP contribution in [0.1, 0.15) is 38.2 Å². The largest absolute Gasteiger partial charge is 0.418 e. The van der Waals surface area contributed by atoms with Gasteiger partial charge >= 0.3 is 6.18 Å². The number of hydrogen-bond donors (Lipinski definition) is 1. The third-order valence-electron chi connectivity index (χ3n) is 3.38. The lowest BCUT2D eigenvalue weighted by Gasteiger charge is -2.28. The van der Waals surface area contributed by atoms with Gasteiger partial charge in [0, 0.05) is 11.2 Å². The zero-order valence-corrected chi connectivity index (χ0v) is 9.77. The van der Waals surface area contributed by atoms with Crippen molar-refractivity contribution in [2.75, 3.05) is 5.32 Å². The van der Waals surface area contributed by atoms with Crippen LogP contribution in [0.15, 0.2) is 24.3 Å². The Hall–Kier alpha value is -1.19. The number of hydrogen-bond acceptors (Lipinski definition) is 1. The van der Waals surface area contributed by atoms with E-state index < -0.39 is 11.7 Å². The van der Waals surface area contributed by atoms with Crippen LogP contribution in [0.25, 0.3) is 0 Å². The normalized spacial score (nSPS) is 19.3. The Morgan fingerprint density at radius 3 is 2.29 bits per heavy atom. The quantitative estimate of drug-likeness (QED) is 0.809. The lowest BCUT2D eigenvalue weighted by molar-refractivity contribution is -0.137. The van der Waals surface area contributed by atoms with Gasteiger partial charge in [0.05, 0.1) is 5.56 Å². The van der Waals surface area contributed by atoms with E-state index in [1.165, 1.54) is 12.1 Å². The predicted molar refractivity (Wildman–Crippen MR) is 61.9 cm³/mol. The van der Waals surface area contributed by atoms with E-state index >= 15 is 0 Å². The van der Waals surface area contributed by atoms with Gasteiger partial charge in [0.2, 0.25) is 0 Å². The van der Waals surface area contributed by atoms with Crippen LogP contribution >= 0.6 is 0 Å². The third-order valence-corrected chi connectivity index (χ3v) is 3.38. The Morgan fingerprint density at radius 1 is 1.12 bits per heavy atom. The number of nitrogens with one attached hydrogen (secondary N) is 1. The third kappa shape index (κ3) is 2.73. The molecule has 1 aliphatic rings. The van der Waals surface area contributed by atoms with Crippen molar-refractivity contribution in [1.29, 1.82) is 0 Å². The van der Waals surface area contributed by atoms with Gasteiger partial charge < -0.3 is 5.32 Å². The number of benzene rings is 1. The summed E-state index contributed by atoms with van der Waals surface area (Å²) in [6.45, 7) is 1.99. The molecule has 1 aromatic rings. The Labute approximate surface area is 99.0 Å². The molecule has 1 aliphatic carbocycles. The van der Waals surface area contributed by atoms with Gasteiger partial charge in [0.1, 0.15) is 0 Å². The van der Waals surface area contributed by atoms with E-state index in [9.17, 15) is 13.2 Å². The van der Waals surface area contributed by atoms with E-state index in [4.69, 9.17) is 0 Å². The molecule has 0 aromatic heterocycles. The van der Waals surface area contributed by atoms with Gasteiger partial charge in [-0.2, -0.15) is 13.2 Å². The first kappa shape index (κ1) is 12.3. The highest BCUT2D eigenvalue weighted by molar-refractivity contribution is 5.54. The number of alkyl halides is 3. The Kier molecular flexibility index (Phi) is 3.06. The molecule has 1 aromatic carbocycles. The summed E-state index contributed by atoms with van der Waals surface area (Å²) >= 11 is 0. The van der Waals surface area contributed by atoms with Gasteiger partial charge in [-0.1, -0.05) is 25.0 Å². The molecule has 2 rings (SSSR count). The lowest BCUT2D eigenvalue weighted by Crippen LogP contribution is -2.31. The van der Waals surface area contributed by atoms with Crippen molar-refractivity contribution in [3.05, 3.63) is 29.8 Å². The Morgan fingerprint density at radius 2 is 1.71 bits per heavy atom. The molecule has 0 unspecified atom stereocenters. The highest BCUT2D eigenvalue weighted by Crippen LogP contribution is 2.38. The minimum Gasteiger partial charge on any atom is -0.379 e. The highest BCUT2D eigenvalue weighted by atomic mass is 19.4. The predicted octanol–water partition coefficient (Wildman–Crippen LogP) is 4.45. The van der Waals surface area contributed by atoms with Gasteiger partial charge in [-0.25, -0.2) is 0 Å². The fraction of sp³-hybridized carbons (Fsp3) is 0.538. The molecular formula is C13H16F3N. The molecule has 0 heterocycles. The first-order chi connectivity index (χ1) is 7.91. The average Bonchev–Trinajstić information content (AvgIpc) is 2.64. The summed E-state index contributed by atoms with van der Waals surface area (Å²) in [4.78, 5) is 0. The van der Waals surface area contributed by atoms with E-state index in [1.54, 1.807) is 6.07 Å². The van der Waals surface area contributed by atoms with Gasteiger partial charge in [-0.3, -0.25) is 0 Å². The molecule has 94 valence electrons. The monoisotopic (exact) mass is 243 g/mol. The van der Waals surface area contributed by atoms with E-state index in [0.717, 1.165) is 31.7 Å². The molecule has 1 nitrogen and oxygen atoms in total. The molecule has 0 bridgehead atoms. The van der Waals surface area contributed by atoms with E-state index in [-0.39, 0.29) is 11.2 Å². The van der Waals surface area contributed by atoms with Crippen LogP contribution < -0.4 is 5.32 Å². The number of halogens is 3. The fourth-order valence-corrected chi connectivity index (χ4v) is 2.44. The maximum atomic E-state index is 12.8. The summed E-state index contributed by atoms with van der Waals surface area (Å²) in [5.41, 5.74) is -0.570. The van der Waals surface area contributed by atoms with E-state index in [0.29, 0.717) is 0 Å². The van der Waals surface area contributed by atoms with Gasteiger partial charge in [-0.05, 0) is 31.9 Å². The summed E-state index contributed by atoms with van der Waals surface area (Å²) in [6, 6.07) is 5.69. The number of anilines is 1. The summed E-state index contributed by atoms with van der Waals surface area (Å²) in [7, 11) is 0. The van der Waals surface area contributed by atoms with Crippen LogP contribution in [0.5, 0.6) is 0 Å². The summed E-state index contributed by atoms with van der Waals surface area (Å²) < 4.78 is 38.4. The summed E-state index contributed by atoms with van der Waals surface area (Å²) in [5, 5.41) is 3.07. The Balaban J connectivity index is 2.26. The van der Waals surface area contributed by atoms with Crippen molar-refractivity contribution in [3.8, 4) is 0 Å².